The van der Waals surface area contributed by atoms with E-state index in [4.69, 9.17) is 4.98 Å². The number of thiazole rings is 1. The van der Waals surface area contributed by atoms with Crippen LogP contribution in [0.1, 0.15) is 22.4 Å². The number of nitrogens with zero attached hydrogens (tertiary/aromatic N) is 3. The quantitative estimate of drug-likeness (QED) is 0.800. The molecule has 0 amide bonds. The summed E-state index contributed by atoms with van der Waals surface area (Å²) >= 11 is 1.69. The lowest BCUT2D eigenvalue weighted by Crippen LogP contribution is -2.20. The monoisotopic (exact) mass is 284 g/mol. The van der Waals surface area contributed by atoms with Crippen molar-refractivity contribution in [2.75, 3.05) is 7.05 Å². The zero-order valence-corrected chi connectivity index (χ0v) is 12.3. The number of likely N-dealkylation sites (N-methyl/N-ethyl adjacent to an activating group) is 1. The second-order valence-electron chi connectivity index (χ2n) is 4.71. The van der Waals surface area contributed by atoms with Gasteiger partial charge in [-0.15, -0.1) is 11.3 Å². The summed E-state index contributed by atoms with van der Waals surface area (Å²) in [6.45, 7) is 2.02. The maximum absolute atomic E-state index is 4.70. The van der Waals surface area contributed by atoms with Crippen LogP contribution < -0.4 is 5.32 Å². The van der Waals surface area contributed by atoms with Gasteiger partial charge in [0.2, 0.25) is 0 Å². The molecule has 0 radical (unpaired) electrons. The van der Waals surface area contributed by atoms with E-state index >= 15 is 0 Å². The molecule has 2 heterocycles. The van der Waals surface area contributed by atoms with E-state index < -0.39 is 0 Å². The van der Waals surface area contributed by atoms with Gasteiger partial charge in [0.1, 0.15) is 0 Å². The van der Waals surface area contributed by atoms with E-state index in [9.17, 15) is 0 Å². The molecule has 3 rings (SSSR count). The van der Waals surface area contributed by atoms with Crippen LogP contribution in [0.5, 0.6) is 0 Å². The Labute approximate surface area is 121 Å². The number of fused-ring (bicyclic) bond motifs is 1. The molecule has 0 saturated heterocycles. The van der Waals surface area contributed by atoms with Gasteiger partial charge < -0.3 is 5.32 Å². The van der Waals surface area contributed by atoms with Crippen LogP contribution in [0.3, 0.4) is 0 Å². The molecule has 0 aliphatic carbocycles. The molecule has 20 heavy (non-hydrogen) atoms. The number of aromatic nitrogens is 3. The third-order valence-electron chi connectivity index (χ3n) is 3.22. The SMILES string of the molecule is CNC(Cc1nc(C)cs1)c1cnc2ccccc2n1. The molecule has 1 aromatic carbocycles. The summed E-state index contributed by atoms with van der Waals surface area (Å²) < 4.78 is 0. The molecule has 2 aromatic heterocycles. The first-order valence-corrected chi connectivity index (χ1v) is 7.44. The van der Waals surface area contributed by atoms with Crippen molar-refractivity contribution in [2.45, 2.75) is 19.4 Å². The molecule has 0 spiro atoms. The normalized spacial score (nSPS) is 12.7. The number of hydrogen-bond donors (Lipinski definition) is 1. The van der Waals surface area contributed by atoms with Crippen molar-refractivity contribution in [2.24, 2.45) is 0 Å². The van der Waals surface area contributed by atoms with E-state index in [2.05, 4.69) is 20.7 Å². The highest BCUT2D eigenvalue weighted by molar-refractivity contribution is 7.09. The predicted octanol–water partition coefficient (Wildman–Crippen LogP) is 2.90. The fourth-order valence-electron chi connectivity index (χ4n) is 2.16. The highest BCUT2D eigenvalue weighted by atomic mass is 32.1. The molecule has 5 heteroatoms. The minimum Gasteiger partial charge on any atom is -0.311 e. The smallest absolute Gasteiger partial charge is 0.0947 e. The topological polar surface area (TPSA) is 50.7 Å². The Bertz CT molecular complexity index is 722. The van der Waals surface area contributed by atoms with Crippen molar-refractivity contribution in [1.82, 2.24) is 20.3 Å². The van der Waals surface area contributed by atoms with E-state index in [0.717, 1.165) is 33.8 Å². The average Bonchev–Trinajstić information content (AvgIpc) is 2.89. The molecular weight excluding hydrogens is 268 g/mol. The van der Waals surface area contributed by atoms with E-state index in [1.807, 2.05) is 44.4 Å². The molecule has 3 aromatic rings. The Morgan fingerprint density at radius 2 is 2.00 bits per heavy atom. The largest absolute Gasteiger partial charge is 0.311 e. The number of benzene rings is 1. The van der Waals surface area contributed by atoms with Gasteiger partial charge in [-0.1, -0.05) is 12.1 Å². The lowest BCUT2D eigenvalue weighted by molar-refractivity contribution is 0.574. The van der Waals surface area contributed by atoms with Crippen molar-refractivity contribution in [3.63, 3.8) is 0 Å². The minimum atomic E-state index is 0.137. The van der Waals surface area contributed by atoms with Crippen molar-refractivity contribution >= 4 is 22.4 Å². The van der Waals surface area contributed by atoms with E-state index in [1.54, 1.807) is 11.3 Å². The summed E-state index contributed by atoms with van der Waals surface area (Å²) in [6.07, 6.45) is 2.69. The van der Waals surface area contributed by atoms with E-state index in [1.165, 1.54) is 0 Å². The van der Waals surface area contributed by atoms with Crippen LogP contribution in [0.2, 0.25) is 0 Å². The van der Waals surface area contributed by atoms with Gasteiger partial charge in [-0.25, -0.2) is 9.97 Å². The van der Waals surface area contributed by atoms with Crippen LogP contribution >= 0.6 is 11.3 Å². The van der Waals surface area contributed by atoms with Gasteiger partial charge in [0.05, 0.1) is 34.0 Å². The van der Waals surface area contributed by atoms with Crippen molar-refractivity contribution < 1.29 is 0 Å². The predicted molar refractivity (Wildman–Crippen MR) is 81.9 cm³/mol. The van der Waals surface area contributed by atoms with Gasteiger partial charge in [0, 0.05) is 17.5 Å². The Morgan fingerprint density at radius 1 is 1.20 bits per heavy atom. The second kappa shape index (κ2) is 5.64. The second-order valence-corrected chi connectivity index (χ2v) is 5.65. The summed E-state index contributed by atoms with van der Waals surface area (Å²) in [5, 5.41) is 6.50. The van der Waals surface area contributed by atoms with Crippen LogP contribution in [0.15, 0.2) is 35.8 Å². The summed E-state index contributed by atoms with van der Waals surface area (Å²) in [5.74, 6) is 0. The first-order chi connectivity index (χ1) is 9.76. The standard InChI is InChI=1S/C15H16N4S/c1-10-9-20-15(18-10)7-13(16-2)14-8-17-11-5-3-4-6-12(11)19-14/h3-6,8-9,13,16H,7H2,1-2H3. The molecular formula is C15H16N4S. The molecule has 0 fully saturated rings. The number of rotatable bonds is 4. The van der Waals surface area contributed by atoms with Crippen LogP contribution in [-0.4, -0.2) is 22.0 Å². The van der Waals surface area contributed by atoms with Gasteiger partial charge in [-0.3, -0.25) is 4.98 Å². The molecule has 1 unspecified atom stereocenters. The fourth-order valence-corrected chi connectivity index (χ4v) is 2.98. The Balaban J connectivity index is 1.90. The summed E-state index contributed by atoms with van der Waals surface area (Å²) in [7, 11) is 1.95. The number of aryl methyl sites for hydroxylation is 1. The van der Waals surface area contributed by atoms with Gasteiger partial charge in [0.15, 0.2) is 0 Å². The van der Waals surface area contributed by atoms with Crippen LogP contribution in [0.25, 0.3) is 11.0 Å². The van der Waals surface area contributed by atoms with E-state index in [-0.39, 0.29) is 6.04 Å². The molecule has 1 atom stereocenters. The summed E-state index contributed by atoms with van der Waals surface area (Å²) in [5.41, 5.74) is 3.89. The lowest BCUT2D eigenvalue weighted by atomic mass is 10.1. The molecule has 0 aliphatic rings. The first kappa shape index (κ1) is 13.1. The molecule has 1 N–H and O–H groups in total. The maximum Gasteiger partial charge on any atom is 0.0947 e. The number of nitrogens with one attached hydrogen (secondary N) is 1. The summed E-state index contributed by atoms with van der Waals surface area (Å²) in [6, 6.07) is 8.07. The lowest BCUT2D eigenvalue weighted by Gasteiger charge is -2.14. The highest BCUT2D eigenvalue weighted by Crippen LogP contribution is 2.20. The van der Waals surface area contributed by atoms with Crippen molar-refractivity contribution in [3.05, 3.63) is 52.2 Å². The van der Waals surface area contributed by atoms with Gasteiger partial charge in [-0.2, -0.15) is 0 Å². The Hall–Kier alpha value is -1.85. The van der Waals surface area contributed by atoms with Crippen LogP contribution in [0.4, 0.5) is 0 Å². The molecule has 102 valence electrons. The number of para-hydroxylation sites is 2. The third kappa shape index (κ3) is 2.69. The zero-order chi connectivity index (χ0) is 13.9. The highest BCUT2D eigenvalue weighted by Gasteiger charge is 2.14. The average molecular weight is 284 g/mol. The molecule has 0 saturated carbocycles. The Kier molecular flexibility index (Phi) is 3.71. The first-order valence-electron chi connectivity index (χ1n) is 6.56. The third-order valence-corrected chi connectivity index (χ3v) is 4.21. The van der Waals surface area contributed by atoms with Crippen molar-refractivity contribution in [3.8, 4) is 0 Å². The van der Waals surface area contributed by atoms with E-state index in [0.29, 0.717) is 0 Å². The fraction of sp³-hybridized carbons (Fsp3) is 0.267. The molecule has 0 aliphatic heterocycles. The minimum absolute atomic E-state index is 0.137. The van der Waals surface area contributed by atoms with Crippen LogP contribution in [0, 0.1) is 6.92 Å². The molecule has 4 nitrogen and oxygen atoms in total. The maximum atomic E-state index is 4.70. The molecule has 0 bridgehead atoms. The van der Waals surface area contributed by atoms with Gasteiger partial charge in [-0.05, 0) is 26.1 Å². The van der Waals surface area contributed by atoms with Crippen LogP contribution in [-0.2, 0) is 6.42 Å². The number of hydrogen-bond acceptors (Lipinski definition) is 5. The zero-order valence-electron chi connectivity index (χ0n) is 11.5. The Morgan fingerprint density at radius 3 is 2.70 bits per heavy atom. The van der Waals surface area contributed by atoms with Gasteiger partial charge >= 0.3 is 0 Å². The van der Waals surface area contributed by atoms with Gasteiger partial charge in [0.25, 0.3) is 0 Å². The van der Waals surface area contributed by atoms with Crippen molar-refractivity contribution in [1.29, 1.82) is 0 Å². The summed E-state index contributed by atoms with van der Waals surface area (Å²) in [4.78, 5) is 13.7.